The van der Waals surface area contributed by atoms with E-state index in [4.69, 9.17) is 9.47 Å². The summed E-state index contributed by atoms with van der Waals surface area (Å²) in [6.45, 7) is 1.06. The van der Waals surface area contributed by atoms with Crippen LogP contribution in [0.4, 0.5) is 4.39 Å². The van der Waals surface area contributed by atoms with E-state index in [1.807, 2.05) is 18.2 Å². The lowest BCUT2D eigenvalue weighted by Gasteiger charge is -2.22. The Balaban J connectivity index is 2.05. The van der Waals surface area contributed by atoms with Crippen LogP contribution in [0.3, 0.4) is 0 Å². The SMILES string of the molecule is Fc1c(Br)cccc1C(Br)c1cc2c(cc1Br)OCCO2. The average Bonchev–Trinajstić information content (AvgIpc) is 2.48. The second kappa shape index (κ2) is 6.26. The number of ether oxygens (including phenoxy) is 2. The third-order valence-corrected chi connectivity index (χ3v) is 5.47. The van der Waals surface area contributed by atoms with Gasteiger partial charge in [-0.05, 0) is 39.7 Å². The number of benzene rings is 2. The molecule has 3 rings (SSSR count). The summed E-state index contributed by atoms with van der Waals surface area (Å²) in [6.07, 6.45) is 0. The molecule has 1 aliphatic rings. The highest BCUT2D eigenvalue weighted by atomic mass is 79.9. The zero-order chi connectivity index (χ0) is 15.0. The summed E-state index contributed by atoms with van der Waals surface area (Å²) in [5, 5.41) is 0. The van der Waals surface area contributed by atoms with E-state index in [0.717, 1.165) is 10.0 Å². The molecule has 1 unspecified atom stereocenters. The molecular formula is C15H10Br3FO2. The Kier molecular flexibility index (Phi) is 4.57. The van der Waals surface area contributed by atoms with E-state index < -0.39 is 0 Å². The van der Waals surface area contributed by atoms with Crippen molar-refractivity contribution in [2.45, 2.75) is 4.83 Å². The standard InChI is InChI=1S/C15H10Br3FO2/c16-10-3-1-2-8(15(10)19)14(18)9-6-12-13(7-11(9)17)21-5-4-20-12/h1-3,6-7,14H,4-5H2. The molecule has 0 aromatic heterocycles. The fraction of sp³-hybridized carbons (Fsp3) is 0.200. The van der Waals surface area contributed by atoms with E-state index in [1.54, 1.807) is 12.1 Å². The van der Waals surface area contributed by atoms with Crippen LogP contribution in [0, 0.1) is 5.82 Å². The number of halogens is 4. The molecule has 2 aromatic rings. The van der Waals surface area contributed by atoms with Gasteiger partial charge in [-0.15, -0.1) is 0 Å². The van der Waals surface area contributed by atoms with Gasteiger partial charge in [0.1, 0.15) is 19.0 Å². The number of hydrogen-bond donors (Lipinski definition) is 0. The van der Waals surface area contributed by atoms with Gasteiger partial charge < -0.3 is 9.47 Å². The van der Waals surface area contributed by atoms with E-state index in [0.29, 0.717) is 34.7 Å². The van der Waals surface area contributed by atoms with Crippen LogP contribution in [0.15, 0.2) is 39.3 Å². The summed E-state index contributed by atoms with van der Waals surface area (Å²) < 4.78 is 26.7. The molecule has 0 fully saturated rings. The Bertz CT molecular complexity index is 691. The Labute approximate surface area is 147 Å². The fourth-order valence-corrected chi connectivity index (χ4v) is 4.13. The first-order valence-electron chi connectivity index (χ1n) is 6.25. The van der Waals surface area contributed by atoms with E-state index >= 15 is 0 Å². The van der Waals surface area contributed by atoms with Gasteiger partial charge in [-0.1, -0.05) is 44.0 Å². The van der Waals surface area contributed by atoms with Crippen molar-refractivity contribution < 1.29 is 13.9 Å². The van der Waals surface area contributed by atoms with Gasteiger partial charge >= 0.3 is 0 Å². The van der Waals surface area contributed by atoms with Gasteiger partial charge in [0.05, 0.1) is 9.30 Å². The van der Waals surface area contributed by atoms with Gasteiger partial charge in [-0.25, -0.2) is 4.39 Å². The van der Waals surface area contributed by atoms with Crippen molar-refractivity contribution >= 4 is 47.8 Å². The van der Waals surface area contributed by atoms with Crippen LogP contribution in [0.25, 0.3) is 0 Å². The van der Waals surface area contributed by atoms with Crippen molar-refractivity contribution in [2.24, 2.45) is 0 Å². The second-order valence-corrected chi connectivity index (χ2v) is 7.15. The summed E-state index contributed by atoms with van der Waals surface area (Å²) in [6, 6.07) is 8.97. The molecule has 0 N–H and O–H groups in total. The Morgan fingerprint density at radius 2 is 1.62 bits per heavy atom. The van der Waals surface area contributed by atoms with Crippen molar-refractivity contribution in [1.82, 2.24) is 0 Å². The van der Waals surface area contributed by atoms with E-state index in [-0.39, 0.29) is 10.6 Å². The third kappa shape index (κ3) is 2.98. The molecule has 0 saturated heterocycles. The Morgan fingerprint density at radius 1 is 0.952 bits per heavy atom. The molecule has 1 heterocycles. The lowest BCUT2D eigenvalue weighted by molar-refractivity contribution is 0.171. The summed E-state index contributed by atoms with van der Waals surface area (Å²) in [5.41, 5.74) is 1.44. The highest BCUT2D eigenvalue weighted by Gasteiger charge is 2.22. The molecule has 2 nitrogen and oxygen atoms in total. The van der Waals surface area contributed by atoms with Gasteiger partial charge in [-0.3, -0.25) is 0 Å². The van der Waals surface area contributed by atoms with Crippen molar-refractivity contribution in [1.29, 1.82) is 0 Å². The maximum atomic E-state index is 14.3. The maximum Gasteiger partial charge on any atom is 0.162 e. The molecule has 1 aliphatic heterocycles. The number of alkyl halides is 1. The lowest BCUT2D eigenvalue weighted by Crippen LogP contribution is -2.15. The van der Waals surface area contributed by atoms with Gasteiger partial charge in [0.15, 0.2) is 11.5 Å². The predicted octanol–water partition coefficient (Wildman–Crippen LogP) is 5.61. The third-order valence-electron chi connectivity index (χ3n) is 3.19. The molecule has 21 heavy (non-hydrogen) atoms. The highest BCUT2D eigenvalue weighted by molar-refractivity contribution is 9.11. The number of fused-ring (bicyclic) bond motifs is 1. The van der Waals surface area contributed by atoms with Gasteiger partial charge in [0.25, 0.3) is 0 Å². The summed E-state index contributed by atoms with van der Waals surface area (Å²) in [5.74, 6) is 1.10. The van der Waals surface area contributed by atoms with Crippen LogP contribution < -0.4 is 9.47 Å². The first-order chi connectivity index (χ1) is 10.1. The minimum atomic E-state index is -0.291. The molecule has 6 heteroatoms. The van der Waals surface area contributed by atoms with Crippen LogP contribution in [0.2, 0.25) is 0 Å². The van der Waals surface area contributed by atoms with Crippen molar-refractivity contribution in [3.05, 3.63) is 56.2 Å². The topological polar surface area (TPSA) is 18.5 Å². The molecule has 0 spiro atoms. The number of hydrogen-bond acceptors (Lipinski definition) is 2. The van der Waals surface area contributed by atoms with Gasteiger partial charge in [-0.2, -0.15) is 0 Å². The summed E-state index contributed by atoms with van der Waals surface area (Å²) >= 11 is 10.3. The normalized spacial score (nSPS) is 14.9. The molecule has 0 amide bonds. The van der Waals surface area contributed by atoms with Crippen LogP contribution in [0.5, 0.6) is 11.5 Å². The molecule has 1 atom stereocenters. The van der Waals surface area contributed by atoms with E-state index in [2.05, 4.69) is 47.8 Å². The predicted molar refractivity (Wildman–Crippen MR) is 90.0 cm³/mol. The largest absolute Gasteiger partial charge is 0.486 e. The fourth-order valence-electron chi connectivity index (χ4n) is 2.16. The minimum Gasteiger partial charge on any atom is -0.486 e. The Morgan fingerprint density at radius 3 is 2.33 bits per heavy atom. The summed E-state index contributed by atoms with van der Waals surface area (Å²) in [4.78, 5) is -0.291. The van der Waals surface area contributed by atoms with Gasteiger partial charge in [0, 0.05) is 10.0 Å². The van der Waals surface area contributed by atoms with Crippen LogP contribution in [-0.2, 0) is 0 Å². The number of rotatable bonds is 2. The molecule has 0 aliphatic carbocycles. The maximum absolute atomic E-state index is 14.3. The van der Waals surface area contributed by atoms with Crippen LogP contribution in [-0.4, -0.2) is 13.2 Å². The first-order valence-corrected chi connectivity index (χ1v) is 8.75. The zero-order valence-corrected chi connectivity index (χ0v) is 15.5. The zero-order valence-electron chi connectivity index (χ0n) is 10.7. The van der Waals surface area contributed by atoms with Crippen molar-refractivity contribution in [3.8, 4) is 11.5 Å². The molecule has 110 valence electrons. The molecule has 2 aromatic carbocycles. The molecular weight excluding hydrogens is 471 g/mol. The first kappa shape index (κ1) is 15.3. The molecule has 0 radical (unpaired) electrons. The van der Waals surface area contributed by atoms with Crippen molar-refractivity contribution in [3.63, 3.8) is 0 Å². The molecule has 0 bridgehead atoms. The van der Waals surface area contributed by atoms with Crippen molar-refractivity contribution in [2.75, 3.05) is 13.2 Å². The van der Waals surface area contributed by atoms with Crippen LogP contribution in [0.1, 0.15) is 16.0 Å². The Hall–Kier alpha value is -0.590. The van der Waals surface area contributed by atoms with E-state index in [9.17, 15) is 4.39 Å². The summed E-state index contributed by atoms with van der Waals surface area (Å²) in [7, 11) is 0. The lowest BCUT2D eigenvalue weighted by atomic mass is 10.0. The minimum absolute atomic E-state index is 0.277. The smallest absolute Gasteiger partial charge is 0.162 e. The van der Waals surface area contributed by atoms with Crippen LogP contribution >= 0.6 is 47.8 Å². The monoisotopic (exact) mass is 478 g/mol. The quantitative estimate of drug-likeness (QED) is 0.520. The van der Waals surface area contributed by atoms with E-state index in [1.165, 1.54) is 0 Å². The highest BCUT2D eigenvalue weighted by Crippen LogP contribution is 2.43. The van der Waals surface area contributed by atoms with Gasteiger partial charge in [0.2, 0.25) is 0 Å². The molecule has 0 saturated carbocycles. The average molecular weight is 481 g/mol. The second-order valence-electron chi connectivity index (χ2n) is 4.52.